The Kier molecular flexibility index (Phi) is 5.43. The summed E-state index contributed by atoms with van der Waals surface area (Å²) in [7, 11) is -3.48. The number of rotatable bonds is 6. The van der Waals surface area contributed by atoms with Crippen molar-refractivity contribution in [2.75, 3.05) is 11.9 Å². The summed E-state index contributed by atoms with van der Waals surface area (Å²) < 4.78 is 28.0. The van der Waals surface area contributed by atoms with E-state index in [1.807, 2.05) is 25.1 Å². The summed E-state index contributed by atoms with van der Waals surface area (Å²) in [6.45, 7) is 4.14. The molecule has 1 unspecified atom stereocenters. The van der Waals surface area contributed by atoms with E-state index in [-0.39, 0.29) is 10.9 Å². The first-order chi connectivity index (χ1) is 9.94. The topological polar surface area (TPSA) is 58.2 Å². The maximum Gasteiger partial charge on any atom is 0.242 e. The molecule has 21 heavy (non-hydrogen) atoms. The highest BCUT2D eigenvalue weighted by Gasteiger charge is 2.18. The highest BCUT2D eigenvalue weighted by atomic mass is 79.9. The third kappa shape index (κ3) is 4.06. The summed E-state index contributed by atoms with van der Waals surface area (Å²) in [5.74, 6) is 0. The molecule has 0 aliphatic rings. The van der Waals surface area contributed by atoms with Crippen LogP contribution in [0.1, 0.15) is 24.8 Å². The van der Waals surface area contributed by atoms with Crippen LogP contribution < -0.4 is 10.0 Å². The second kappa shape index (κ2) is 6.91. The highest BCUT2D eigenvalue weighted by molar-refractivity contribution is 9.11. The van der Waals surface area contributed by atoms with Crippen molar-refractivity contribution in [3.63, 3.8) is 0 Å². The molecule has 2 rings (SSSR count). The minimum Gasteiger partial charge on any atom is -0.377 e. The maximum atomic E-state index is 12.2. The van der Waals surface area contributed by atoms with Crippen LogP contribution in [0.3, 0.4) is 0 Å². The Bertz CT molecular complexity index is 713. The largest absolute Gasteiger partial charge is 0.377 e. The van der Waals surface area contributed by atoms with Crippen LogP contribution in [0.5, 0.6) is 0 Å². The van der Waals surface area contributed by atoms with Crippen molar-refractivity contribution in [1.82, 2.24) is 4.72 Å². The van der Waals surface area contributed by atoms with Crippen molar-refractivity contribution in [2.45, 2.75) is 24.8 Å². The molecule has 1 aromatic heterocycles. The maximum absolute atomic E-state index is 12.2. The van der Waals surface area contributed by atoms with Gasteiger partial charge in [-0.1, -0.05) is 19.1 Å². The van der Waals surface area contributed by atoms with Crippen LogP contribution in [0, 0.1) is 0 Å². The zero-order chi connectivity index (χ0) is 15.5. The normalized spacial score (nSPS) is 13.1. The number of hydrogen-bond acceptors (Lipinski definition) is 4. The van der Waals surface area contributed by atoms with Gasteiger partial charge in [0, 0.05) is 11.4 Å². The number of nitrogens with one attached hydrogen (secondary N) is 2. The molecule has 0 amide bonds. The fraction of sp³-hybridized carbons (Fsp3) is 0.286. The smallest absolute Gasteiger partial charge is 0.242 e. The molecule has 7 heteroatoms. The van der Waals surface area contributed by atoms with Gasteiger partial charge >= 0.3 is 0 Å². The zero-order valence-corrected chi connectivity index (χ0v) is 15.0. The van der Waals surface area contributed by atoms with E-state index in [1.165, 1.54) is 0 Å². The molecule has 0 aliphatic carbocycles. The molecule has 1 aromatic carbocycles. The van der Waals surface area contributed by atoms with Crippen molar-refractivity contribution < 1.29 is 8.42 Å². The Balaban J connectivity index is 2.29. The minimum absolute atomic E-state index is 0.0271. The van der Waals surface area contributed by atoms with E-state index in [1.54, 1.807) is 36.5 Å². The lowest BCUT2D eigenvalue weighted by atomic mass is 10.2. The van der Waals surface area contributed by atoms with Gasteiger partial charge in [0.2, 0.25) is 10.0 Å². The summed E-state index contributed by atoms with van der Waals surface area (Å²) in [5.41, 5.74) is 0.607. The molecule has 0 bridgehead atoms. The number of para-hydroxylation sites is 1. The van der Waals surface area contributed by atoms with Gasteiger partial charge in [-0.05, 0) is 47.1 Å². The molecule has 1 heterocycles. The monoisotopic (exact) mass is 388 g/mol. The van der Waals surface area contributed by atoms with Gasteiger partial charge in [0.25, 0.3) is 0 Å². The first-order valence-electron chi connectivity index (χ1n) is 6.54. The fourth-order valence-corrected chi connectivity index (χ4v) is 4.59. The lowest BCUT2D eigenvalue weighted by Gasteiger charge is -2.17. The van der Waals surface area contributed by atoms with Crippen molar-refractivity contribution in [3.05, 3.63) is 45.1 Å². The number of sulfonamides is 1. The van der Waals surface area contributed by atoms with Crippen LogP contribution in [0.15, 0.2) is 45.1 Å². The van der Waals surface area contributed by atoms with Crippen LogP contribution in [0.25, 0.3) is 0 Å². The number of benzene rings is 1. The molecule has 0 spiro atoms. The standard InChI is InChI=1S/C14H17BrN2O2S2/c1-3-16-21(18,19)13-7-5-4-6-11(13)17-10(2)12-8-9-14(15)20-12/h4-10,16-17H,3H2,1-2H3. The Morgan fingerprint density at radius 2 is 1.95 bits per heavy atom. The van der Waals surface area contributed by atoms with Crippen LogP contribution in [-0.2, 0) is 10.0 Å². The van der Waals surface area contributed by atoms with Gasteiger partial charge in [0.05, 0.1) is 15.5 Å². The van der Waals surface area contributed by atoms with E-state index in [9.17, 15) is 8.42 Å². The van der Waals surface area contributed by atoms with Gasteiger partial charge in [0.15, 0.2) is 0 Å². The Hall–Kier alpha value is -0.890. The first-order valence-corrected chi connectivity index (χ1v) is 9.63. The van der Waals surface area contributed by atoms with Crippen LogP contribution in [0.2, 0.25) is 0 Å². The van der Waals surface area contributed by atoms with E-state index in [2.05, 4.69) is 26.0 Å². The summed E-state index contributed by atoms with van der Waals surface area (Å²) in [6, 6.07) is 11.0. The Morgan fingerprint density at radius 1 is 1.24 bits per heavy atom. The molecule has 2 aromatic rings. The SMILES string of the molecule is CCNS(=O)(=O)c1ccccc1NC(C)c1ccc(Br)s1. The molecule has 114 valence electrons. The number of hydrogen-bond donors (Lipinski definition) is 2. The van der Waals surface area contributed by atoms with E-state index in [0.717, 1.165) is 8.66 Å². The van der Waals surface area contributed by atoms with Crippen LogP contribution >= 0.6 is 27.3 Å². The summed E-state index contributed by atoms with van der Waals surface area (Å²) in [4.78, 5) is 1.41. The molecule has 2 N–H and O–H groups in total. The second-order valence-electron chi connectivity index (χ2n) is 4.51. The summed E-state index contributed by atoms with van der Waals surface area (Å²) in [5, 5.41) is 3.28. The van der Waals surface area contributed by atoms with Crippen molar-refractivity contribution in [3.8, 4) is 0 Å². The van der Waals surface area contributed by atoms with E-state index in [4.69, 9.17) is 0 Å². The Morgan fingerprint density at radius 3 is 2.57 bits per heavy atom. The lowest BCUT2D eigenvalue weighted by Crippen LogP contribution is -2.24. The summed E-state index contributed by atoms with van der Waals surface area (Å²) in [6.07, 6.45) is 0. The average Bonchev–Trinajstić information content (AvgIpc) is 2.86. The molecule has 4 nitrogen and oxygen atoms in total. The first kappa shape index (κ1) is 16.5. The summed E-state index contributed by atoms with van der Waals surface area (Å²) >= 11 is 5.07. The predicted octanol–water partition coefficient (Wildman–Crippen LogP) is 3.98. The van der Waals surface area contributed by atoms with E-state index >= 15 is 0 Å². The number of thiophene rings is 1. The minimum atomic E-state index is -3.48. The number of halogens is 1. The molecule has 1 atom stereocenters. The van der Waals surface area contributed by atoms with Crippen LogP contribution in [-0.4, -0.2) is 15.0 Å². The third-order valence-corrected chi connectivity index (χ3v) is 6.31. The predicted molar refractivity (Wildman–Crippen MR) is 91.4 cm³/mol. The van der Waals surface area contributed by atoms with Crippen molar-refractivity contribution in [1.29, 1.82) is 0 Å². The zero-order valence-electron chi connectivity index (χ0n) is 11.8. The molecule has 0 saturated heterocycles. The van der Waals surface area contributed by atoms with Gasteiger partial charge in [-0.2, -0.15) is 0 Å². The van der Waals surface area contributed by atoms with Crippen molar-refractivity contribution in [2.24, 2.45) is 0 Å². The van der Waals surface area contributed by atoms with Gasteiger partial charge in [-0.3, -0.25) is 0 Å². The lowest BCUT2D eigenvalue weighted by molar-refractivity contribution is 0.584. The van der Waals surface area contributed by atoms with Crippen molar-refractivity contribution >= 4 is 43.0 Å². The van der Waals surface area contributed by atoms with Gasteiger partial charge < -0.3 is 5.32 Å². The van der Waals surface area contributed by atoms with Crippen LogP contribution in [0.4, 0.5) is 5.69 Å². The Labute approximate surface area is 137 Å². The average molecular weight is 389 g/mol. The molecule has 0 radical (unpaired) electrons. The quantitative estimate of drug-likeness (QED) is 0.786. The molecule has 0 saturated carbocycles. The molecular weight excluding hydrogens is 372 g/mol. The van der Waals surface area contributed by atoms with E-state index in [0.29, 0.717) is 12.2 Å². The highest BCUT2D eigenvalue weighted by Crippen LogP contribution is 2.31. The van der Waals surface area contributed by atoms with Gasteiger partial charge in [-0.25, -0.2) is 13.1 Å². The fourth-order valence-electron chi connectivity index (χ4n) is 1.95. The molecule has 0 aliphatic heterocycles. The third-order valence-electron chi connectivity index (χ3n) is 2.90. The van der Waals surface area contributed by atoms with Gasteiger partial charge in [-0.15, -0.1) is 11.3 Å². The second-order valence-corrected chi connectivity index (χ2v) is 8.74. The molecule has 0 fully saturated rings. The van der Waals surface area contributed by atoms with E-state index < -0.39 is 10.0 Å². The van der Waals surface area contributed by atoms with Gasteiger partial charge in [0.1, 0.15) is 4.90 Å². The molecular formula is C14H17BrN2O2S2. The number of anilines is 1.